The first-order chi connectivity index (χ1) is 11.6. The van der Waals surface area contributed by atoms with Crippen LogP contribution in [-0.4, -0.2) is 15.5 Å². The number of carbonyl (C=O) groups is 1. The average molecular weight is 343 g/mol. The van der Waals surface area contributed by atoms with Gasteiger partial charge in [-0.3, -0.25) is 4.79 Å². The first kappa shape index (κ1) is 16.4. The number of halogens is 1. The quantitative estimate of drug-likeness (QED) is 0.745. The Bertz CT molecular complexity index is 813. The lowest BCUT2D eigenvalue weighted by molar-refractivity contribution is -0.121. The topological polar surface area (TPSA) is 46.9 Å². The Kier molecular flexibility index (Phi) is 5.05. The first-order valence-electron chi connectivity index (χ1n) is 7.68. The third-order valence-corrected chi connectivity index (χ3v) is 4.72. The Morgan fingerprint density at radius 2 is 2.25 bits per heavy atom. The van der Waals surface area contributed by atoms with Crippen molar-refractivity contribution in [2.45, 2.75) is 18.9 Å². The summed E-state index contributed by atoms with van der Waals surface area (Å²) in [6.07, 6.45) is 4.55. The van der Waals surface area contributed by atoms with E-state index in [1.165, 1.54) is 17.0 Å². The van der Waals surface area contributed by atoms with Crippen LogP contribution in [0.4, 0.5) is 4.39 Å². The van der Waals surface area contributed by atoms with Gasteiger partial charge in [-0.05, 0) is 35.6 Å². The first-order valence-corrected chi connectivity index (χ1v) is 8.56. The van der Waals surface area contributed by atoms with Crippen LogP contribution in [0.3, 0.4) is 0 Å². The number of imidazole rings is 1. The van der Waals surface area contributed by atoms with Gasteiger partial charge in [0.05, 0.1) is 0 Å². The van der Waals surface area contributed by atoms with Gasteiger partial charge in [-0.25, -0.2) is 9.37 Å². The molecule has 124 valence electrons. The highest BCUT2D eigenvalue weighted by Crippen LogP contribution is 2.21. The minimum Gasteiger partial charge on any atom is -0.342 e. The fourth-order valence-electron chi connectivity index (χ4n) is 2.56. The van der Waals surface area contributed by atoms with Crippen molar-refractivity contribution in [2.75, 3.05) is 0 Å². The van der Waals surface area contributed by atoms with Crippen molar-refractivity contribution in [1.82, 2.24) is 14.9 Å². The number of rotatable bonds is 6. The van der Waals surface area contributed by atoms with Crippen LogP contribution in [0.25, 0.3) is 0 Å². The smallest absolute Gasteiger partial charge is 0.221 e. The molecule has 1 aromatic carbocycles. The van der Waals surface area contributed by atoms with E-state index in [2.05, 4.69) is 10.3 Å². The van der Waals surface area contributed by atoms with Gasteiger partial charge in [-0.15, -0.1) is 11.3 Å². The number of hydrogen-bond acceptors (Lipinski definition) is 3. The lowest BCUT2D eigenvalue weighted by Crippen LogP contribution is -2.31. The molecule has 0 radical (unpaired) electrons. The number of carbonyl (C=O) groups excluding carboxylic acids is 1. The highest BCUT2D eigenvalue weighted by Gasteiger charge is 2.21. The molecular weight excluding hydrogens is 325 g/mol. The summed E-state index contributed by atoms with van der Waals surface area (Å²) in [5.41, 5.74) is 0.675. The van der Waals surface area contributed by atoms with Crippen LogP contribution >= 0.6 is 11.3 Å². The van der Waals surface area contributed by atoms with Crippen molar-refractivity contribution in [2.24, 2.45) is 7.05 Å². The number of amides is 1. The van der Waals surface area contributed by atoms with Crippen molar-refractivity contribution in [3.05, 3.63) is 76.3 Å². The van der Waals surface area contributed by atoms with Gasteiger partial charge in [0.15, 0.2) is 0 Å². The summed E-state index contributed by atoms with van der Waals surface area (Å²) < 4.78 is 15.4. The van der Waals surface area contributed by atoms with Crippen LogP contribution in [0, 0.1) is 5.82 Å². The molecule has 3 aromatic rings. The van der Waals surface area contributed by atoms with Crippen LogP contribution in [0.15, 0.2) is 54.2 Å². The monoisotopic (exact) mass is 343 g/mol. The largest absolute Gasteiger partial charge is 0.342 e. The zero-order chi connectivity index (χ0) is 16.9. The fraction of sp³-hybridized carbons (Fsp3) is 0.222. The molecule has 0 fully saturated rings. The molecule has 4 nitrogen and oxygen atoms in total. The predicted octanol–water partition coefficient (Wildman–Crippen LogP) is 3.46. The number of thiophene rings is 1. The van der Waals surface area contributed by atoms with Gasteiger partial charge in [0.1, 0.15) is 17.7 Å². The average Bonchev–Trinajstić information content (AvgIpc) is 3.22. The summed E-state index contributed by atoms with van der Waals surface area (Å²) in [6, 6.07) is 9.76. The van der Waals surface area contributed by atoms with Gasteiger partial charge in [-0.1, -0.05) is 18.2 Å². The number of hydrogen-bond donors (Lipinski definition) is 1. The van der Waals surface area contributed by atoms with Crippen molar-refractivity contribution >= 4 is 17.2 Å². The van der Waals surface area contributed by atoms with Crippen molar-refractivity contribution in [3.63, 3.8) is 0 Å². The molecule has 0 aliphatic carbocycles. The van der Waals surface area contributed by atoms with E-state index in [1.54, 1.807) is 35.9 Å². The van der Waals surface area contributed by atoms with Crippen LogP contribution in [-0.2, 0) is 18.3 Å². The van der Waals surface area contributed by atoms with Crippen molar-refractivity contribution in [1.29, 1.82) is 0 Å². The second-order valence-corrected chi connectivity index (χ2v) is 6.56. The van der Waals surface area contributed by atoms with Gasteiger partial charge in [0.25, 0.3) is 0 Å². The van der Waals surface area contributed by atoms with E-state index in [-0.39, 0.29) is 11.7 Å². The predicted molar refractivity (Wildman–Crippen MR) is 92.2 cm³/mol. The Morgan fingerprint density at radius 1 is 1.38 bits per heavy atom. The van der Waals surface area contributed by atoms with Crippen LogP contribution in [0.5, 0.6) is 0 Å². The molecule has 6 heteroatoms. The Hall–Kier alpha value is -2.47. The number of benzene rings is 1. The summed E-state index contributed by atoms with van der Waals surface area (Å²) >= 11 is 1.64. The number of nitrogens with zero attached hydrogens (tertiary/aromatic N) is 2. The minimum atomic E-state index is -0.475. The molecule has 0 aliphatic heterocycles. The molecule has 0 aliphatic rings. The van der Waals surface area contributed by atoms with E-state index in [0.29, 0.717) is 24.2 Å². The molecule has 24 heavy (non-hydrogen) atoms. The Balaban J connectivity index is 1.77. The van der Waals surface area contributed by atoms with Gasteiger partial charge in [0, 0.05) is 30.7 Å². The molecule has 0 saturated heterocycles. The maximum Gasteiger partial charge on any atom is 0.221 e. The maximum atomic E-state index is 13.6. The molecule has 3 rings (SSSR count). The zero-order valence-corrected chi connectivity index (χ0v) is 14.1. The molecule has 1 atom stereocenters. The summed E-state index contributed by atoms with van der Waals surface area (Å²) in [5.74, 6) is 0.255. The van der Waals surface area contributed by atoms with Gasteiger partial charge < -0.3 is 9.88 Å². The van der Waals surface area contributed by atoms with E-state index in [1.807, 2.05) is 29.1 Å². The van der Waals surface area contributed by atoms with Crippen LogP contribution in [0.2, 0.25) is 0 Å². The maximum absolute atomic E-state index is 13.6. The highest BCUT2D eigenvalue weighted by molar-refractivity contribution is 7.09. The molecule has 0 spiro atoms. The molecule has 1 N–H and O–H groups in total. The second kappa shape index (κ2) is 7.40. The summed E-state index contributed by atoms with van der Waals surface area (Å²) in [7, 11) is 1.85. The summed E-state index contributed by atoms with van der Waals surface area (Å²) in [5, 5.41) is 4.98. The molecular formula is C18H18FN3OS. The van der Waals surface area contributed by atoms with E-state index in [4.69, 9.17) is 0 Å². The van der Waals surface area contributed by atoms with Crippen LogP contribution in [0.1, 0.15) is 28.7 Å². The van der Waals surface area contributed by atoms with Gasteiger partial charge in [0.2, 0.25) is 5.91 Å². The number of nitrogens with one attached hydrogen (secondary N) is 1. The second-order valence-electron chi connectivity index (χ2n) is 5.53. The molecule has 1 amide bonds. The van der Waals surface area contributed by atoms with Crippen molar-refractivity contribution < 1.29 is 9.18 Å². The zero-order valence-electron chi connectivity index (χ0n) is 13.3. The molecule has 2 aromatic heterocycles. The lowest BCUT2D eigenvalue weighted by Gasteiger charge is -2.19. The third-order valence-electron chi connectivity index (χ3n) is 3.78. The molecule has 0 bridgehead atoms. The van der Waals surface area contributed by atoms with E-state index in [9.17, 15) is 9.18 Å². The molecule has 0 saturated carbocycles. The van der Waals surface area contributed by atoms with Crippen LogP contribution < -0.4 is 5.32 Å². The third kappa shape index (κ3) is 3.89. The van der Waals surface area contributed by atoms with E-state index >= 15 is 0 Å². The molecule has 2 heterocycles. The number of aromatic nitrogens is 2. The molecule has 0 unspecified atom stereocenters. The lowest BCUT2D eigenvalue weighted by atomic mass is 10.1. The Labute approximate surface area is 144 Å². The highest BCUT2D eigenvalue weighted by atomic mass is 32.1. The fourth-order valence-corrected chi connectivity index (χ4v) is 3.27. The van der Waals surface area contributed by atoms with E-state index in [0.717, 1.165) is 0 Å². The van der Waals surface area contributed by atoms with Gasteiger partial charge in [-0.2, -0.15) is 0 Å². The van der Waals surface area contributed by atoms with Gasteiger partial charge >= 0.3 is 0 Å². The Morgan fingerprint density at radius 3 is 2.92 bits per heavy atom. The normalized spacial score (nSPS) is 12.1. The van der Waals surface area contributed by atoms with Crippen molar-refractivity contribution in [3.8, 4) is 0 Å². The minimum absolute atomic E-state index is 0.0827. The summed E-state index contributed by atoms with van der Waals surface area (Å²) in [6.45, 7) is 0. The number of aryl methyl sites for hydroxylation is 2. The standard InChI is InChI=1S/C18H18FN3OS/c1-22-10-9-20-18(22)17(13-4-2-5-14(19)12-13)21-16(23)8-7-15-6-3-11-24-15/h2-6,9-12,17H,7-8H2,1H3,(H,21,23)/t17-/m1/s1. The SMILES string of the molecule is Cn1ccnc1[C@H](NC(=O)CCc1cccs1)c1cccc(F)c1. The summed E-state index contributed by atoms with van der Waals surface area (Å²) in [4.78, 5) is 17.9. The van der Waals surface area contributed by atoms with E-state index < -0.39 is 6.04 Å².